The number of halogens is 4. The molecule has 0 fully saturated rings. The van der Waals surface area contributed by atoms with Crippen LogP contribution in [0.5, 0.6) is 11.6 Å². The summed E-state index contributed by atoms with van der Waals surface area (Å²) >= 11 is 6.03. The Morgan fingerprint density at radius 1 is 0.913 bits per heavy atom. The molecule has 1 amide bonds. The molecule has 0 saturated heterocycles. The van der Waals surface area contributed by atoms with Gasteiger partial charge in [-0.3, -0.25) is 14.8 Å². The number of hydrogen-bond donors (Lipinski definition) is 1. The van der Waals surface area contributed by atoms with E-state index < -0.39 is 29.3 Å². The molecule has 0 spiro atoms. The fraction of sp³-hybridized carbons (Fsp3) is 0.500. The van der Waals surface area contributed by atoms with Crippen LogP contribution in [0.15, 0.2) is 55.0 Å². The number of ether oxygens (including phenoxy) is 5. The van der Waals surface area contributed by atoms with E-state index in [2.05, 4.69) is 20.3 Å². The zero-order valence-corrected chi connectivity index (χ0v) is 27.1. The highest BCUT2D eigenvalue weighted by molar-refractivity contribution is 6.30. The molecule has 0 aliphatic carbocycles. The van der Waals surface area contributed by atoms with Crippen LogP contribution in [0.2, 0.25) is 5.02 Å². The second kappa shape index (κ2) is 18.0. The minimum Gasteiger partial charge on any atom is -0.491 e. The molecule has 252 valence electrons. The Kier molecular flexibility index (Phi) is 14.4. The topological polar surface area (TPSA) is 114 Å². The van der Waals surface area contributed by atoms with E-state index in [4.69, 9.17) is 35.3 Å². The van der Waals surface area contributed by atoms with E-state index in [1.807, 2.05) is 13.8 Å². The van der Waals surface area contributed by atoms with Gasteiger partial charge in [0, 0.05) is 60.7 Å². The van der Waals surface area contributed by atoms with Crippen LogP contribution in [-0.2, 0) is 31.6 Å². The lowest BCUT2D eigenvalue weighted by Gasteiger charge is -2.30. The summed E-state index contributed by atoms with van der Waals surface area (Å²) in [5.74, 6) is -0.396. The average Bonchev–Trinajstić information content (AvgIpc) is 3.01. The molecule has 3 aromatic rings. The van der Waals surface area contributed by atoms with Crippen LogP contribution in [0, 0.1) is 0 Å². The second-order valence-corrected chi connectivity index (χ2v) is 11.2. The maximum Gasteiger partial charge on any atom is 0.417 e. The minimum atomic E-state index is -4.54. The number of rotatable bonds is 19. The number of carbonyl (C=O) groups is 1. The highest BCUT2D eigenvalue weighted by Gasteiger charge is 2.35. The first-order valence-electron chi connectivity index (χ1n) is 14.8. The zero-order chi connectivity index (χ0) is 33.6. The third-order valence-corrected chi connectivity index (χ3v) is 6.95. The van der Waals surface area contributed by atoms with Crippen LogP contribution in [0.25, 0.3) is 0 Å². The molecule has 0 radical (unpaired) electrons. The number of hydrogen-bond acceptors (Lipinski definition) is 9. The summed E-state index contributed by atoms with van der Waals surface area (Å²) in [6, 6.07) is 8.50. The van der Waals surface area contributed by atoms with Crippen LogP contribution >= 0.6 is 11.6 Å². The van der Waals surface area contributed by atoms with Crippen molar-refractivity contribution in [1.82, 2.24) is 20.3 Å². The summed E-state index contributed by atoms with van der Waals surface area (Å²) in [4.78, 5) is 26.1. The van der Waals surface area contributed by atoms with Crippen molar-refractivity contribution in [2.75, 3.05) is 46.2 Å². The number of amides is 1. The molecule has 0 bridgehead atoms. The van der Waals surface area contributed by atoms with E-state index in [0.717, 1.165) is 17.8 Å². The van der Waals surface area contributed by atoms with Gasteiger partial charge in [0.15, 0.2) is 5.60 Å². The predicted molar refractivity (Wildman–Crippen MR) is 165 cm³/mol. The molecule has 1 N–H and O–H groups in total. The van der Waals surface area contributed by atoms with E-state index in [0.29, 0.717) is 75.3 Å². The summed E-state index contributed by atoms with van der Waals surface area (Å²) < 4.78 is 66.6. The van der Waals surface area contributed by atoms with Crippen molar-refractivity contribution >= 4 is 17.5 Å². The largest absolute Gasteiger partial charge is 0.491 e. The molecule has 2 atom stereocenters. The van der Waals surface area contributed by atoms with Crippen LogP contribution in [-0.4, -0.2) is 78.8 Å². The number of aromatic nitrogens is 3. The third kappa shape index (κ3) is 12.3. The van der Waals surface area contributed by atoms with Crippen LogP contribution in [0.3, 0.4) is 0 Å². The Morgan fingerprint density at radius 2 is 1.61 bits per heavy atom. The Bertz CT molecular complexity index is 1350. The van der Waals surface area contributed by atoms with Gasteiger partial charge in [0.2, 0.25) is 5.88 Å². The van der Waals surface area contributed by atoms with Crippen molar-refractivity contribution in [3.05, 3.63) is 77.0 Å². The summed E-state index contributed by atoms with van der Waals surface area (Å²) in [7, 11) is 0. The van der Waals surface area contributed by atoms with Crippen molar-refractivity contribution in [2.24, 2.45) is 0 Å². The molecule has 10 nitrogen and oxygen atoms in total. The van der Waals surface area contributed by atoms with E-state index >= 15 is 0 Å². The predicted octanol–water partition coefficient (Wildman–Crippen LogP) is 5.68. The molecular formula is C32H40ClF3N4O6. The van der Waals surface area contributed by atoms with Gasteiger partial charge >= 0.3 is 6.18 Å². The lowest BCUT2D eigenvalue weighted by molar-refractivity contribution is -0.138. The maximum atomic E-state index is 13.4. The van der Waals surface area contributed by atoms with Crippen molar-refractivity contribution in [2.45, 2.75) is 57.9 Å². The van der Waals surface area contributed by atoms with Crippen molar-refractivity contribution in [3.63, 3.8) is 0 Å². The molecule has 2 unspecified atom stereocenters. The van der Waals surface area contributed by atoms with Gasteiger partial charge in [0.05, 0.1) is 43.6 Å². The highest BCUT2D eigenvalue weighted by Crippen LogP contribution is 2.30. The summed E-state index contributed by atoms with van der Waals surface area (Å²) in [5.41, 5.74) is -1.00. The van der Waals surface area contributed by atoms with Gasteiger partial charge in [0.1, 0.15) is 12.4 Å². The van der Waals surface area contributed by atoms with Gasteiger partial charge < -0.3 is 29.0 Å². The van der Waals surface area contributed by atoms with Crippen molar-refractivity contribution in [3.8, 4) is 11.6 Å². The van der Waals surface area contributed by atoms with E-state index in [1.54, 1.807) is 36.7 Å². The van der Waals surface area contributed by atoms with Crippen molar-refractivity contribution < 1.29 is 41.7 Å². The molecule has 0 saturated carbocycles. The molecule has 14 heteroatoms. The number of nitrogens with zero attached hydrogens (tertiary/aromatic N) is 3. The fourth-order valence-corrected chi connectivity index (χ4v) is 4.32. The minimum absolute atomic E-state index is 0.118. The van der Waals surface area contributed by atoms with Gasteiger partial charge in [0.25, 0.3) is 5.91 Å². The van der Waals surface area contributed by atoms with Crippen LogP contribution < -0.4 is 14.8 Å². The average molecular weight is 669 g/mol. The van der Waals surface area contributed by atoms with Crippen molar-refractivity contribution in [1.29, 1.82) is 0 Å². The quantitative estimate of drug-likeness (QED) is 0.161. The van der Waals surface area contributed by atoms with Gasteiger partial charge in [-0.05, 0) is 58.4 Å². The normalized spacial score (nSPS) is 13.2. The molecule has 3 aromatic heterocycles. The molecule has 0 aliphatic heterocycles. The molecule has 3 rings (SSSR count). The Hall–Kier alpha value is -3.52. The Balaban J connectivity index is 1.64. The monoisotopic (exact) mass is 668 g/mol. The van der Waals surface area contributed by atoms with E-state index in [9.17, 15) is 18.0 Å². The van der Waals surface area contributed by atoms with E-state index in [-0.39, 0.29) is 11.8 Å². The summed E-state index contributed by atoms with van der Waals surface area (Å²) in [6.45, 7) is 10.0. The van der Waals surface area contributed by atoms with Gasteiger partial charge in [-0.1, -0.05) is 11.6 Å². The summed E-state index contributed by atoms with van der Waals surface area (Å²) in [5, 5.41) is 3.46. The molecule has 3 heterocycles. The lowest BCUT2D eigenvalue weighted by Crippen LogP contribution is -2.51. The maximum absolute atomic E-state index is 13.4. The molecule has 46 heavy (non-hydrogen) atoms. The first kappa shape index (κ1) is 36.9. The van der Waals surface area contributed by atoms with E-state index in [1.165, 1.54) is 13.8 Å². The fourth-order valence-electron chi connectivity index (χ4n) is 4.21. The van der Waals surface area contributed by atoms with Gasteiger partial charge in [-0.2, -0.15) is 13.2 Å². The number of alkyl halides is 3. The van der Waals surface area contributed by atoms with Crippen LogP contribution in [0.1, 0.15) is 50.6 Å². The van der Waals surface area contributed by atoms with Gasteiger partial charge in [-0.25, -0.2) is 4.98 Å². The Morgan fingerprint density at radius 3 is 2.22 bits per heavy atom. The zero-order valence-electron chi connectivity index (χ0n) is 26.3. The number of nitrogens with one attached hydrogen (secondary N) is 1. The second-order valence-electron chi connectivity index (χ2n) is 10.7. The number of carbonyl (C=O) groups excluding carboxylic acids is 1. The lowest BCUT2D eigenvalue weighted by atomic mass is 9.90. The molecular weight excluding hydrogens is 629 g/mol. The molecule has 0 aliphatic rings. The third-order valence-electron chi connectivity index (χ3n) is 6.73. The smallest absolute Gasteiger partial charge is 0.417 e. The first-order chi connectivity index (χ1) is 21.9. The summed E-state index contributed by atoms with van der Waals surface area (Å²) in [6.07, 6.45) is -0.303. The first-order valence-corrected chi connectivity index (χ1v) is 15.2. The number of pyridine rings is 3. The highest BCUT2D eigenvalue weighted by atomic mass is 35.5. The van der Waals surface area contributed by atoms with Gasteiger partial charge in [-0.15, -0.1) is 0 Å². The standard InChI is InChI=1S/C32H40ClF3N4O6/c1-5-42-12-13-43-14-15-44-16-17-45-26-10-11-37-28(19-26)27(18-25-8-7-24(33)21-38-25)22(2)40-30(41)31(3,4)46-29-9-6-23(20-39-29)32(34,35)36/h6-11,19-22,27H,5,12-18H2,1-4H3,(H,40,41). The van der Waals surface area contributed by atoms with Crippen LogP contribution in [0.4, 0.5) is 13.2 Å². The Labute approximate surface area is 271 Å². The SMILES string of the molecule is CCOCCOCCOCCOc1ccnc(C(Cc2ccc(Cl)cn2)C(C)NC(=O)C(C)(C)Oc2ccc(C(F)(F)F)cn2)c1. The molecule has 0 aromatic carbocycles.